The summed E-state index contributed by atoms with van der Waals surface area (Å²) in [5, 5.41) is 15.9. The number of nitriles is 1. The van der Waals surface area contributed by atoms with Gasteiger partial charge in [0.25, 0.3) is 0 Å². The van der Waals surface area contributed by atoms with Crippen molar-refractivity contribution in [3.05, 3.63) is 31.0 Å². The topological polar surface area (TPSA) is 116 Å². The standard InChI is InChI=1S/C17H18N8O/c1-11(6-24-7-12(4-18)8-24)23-17(26)25-9-13(5-22-25)14-2-3-19-16-15(14)20-10-21-16/h2-3,5,9-12H,6-8H2,1H3,(H,23,26)(H,19,20,21). The van der Waals surface area contributed by atoms with Gasteiger partial charge in [-0.15, -0.1) is 0 Å². The minimum Gasteiger partial charge on any atom is -0.343 e. The van der Waals surface area contributed by atoms with Crippen molar-refractivity contribution in [2.45, 2.75) is 13.0 Å². The lowest BCUT2D eigenvalue weighted by atomic mass is 10.0. The van der Waals surface area contributed by atoms with Crippen LogP contribution in [0.1, 0.15) is 6.92 Å². The molecule has 1 atom stereocenters. The van der Waals surface area contributed by atoms with Crippen LogP contribution in [0.2, 0.25) is 0 Å². The Balaban J connectivity index is 1.42. The van der Waals surface area contributed by atoms with E-state index in [9.17, 15) is 4.79 Å². The van der Waals surface area contributed by atoms with Gasteiger partial charge in [-0.05, 0) is 13.0 Å². The maximum Gasteiger partial charge on any atom is 0.342 e. The molecule has 1 saturated heterocycles. The van der Waals surface area contributed by atoms with E-state index in [4.69, 9.17) is 5.26 Å². The van der Waals surface area contributed by atoms with E-state index in [0.717, 1.165) is 36.3 Å². The van der Waals surface area contributed by atoms with Crippen LogP contribution in [-0.2, 0) is 0 Å². The van der Waals surface area contributed by atoms with E-state index in [1.54, 1.807) is 24.9 Å². The van der Waals surface area contributed by atoms with Crippen molar-refractivity contribution in [2.75, 3.05) is 19.6 Å². The van der Waals surface area contributed by atoms with Gasteiger partial charge in [-0.1, -0.05) is 0 Å². The number of aromatic nitrogens is 5. The summed E-state index contributed by atoms with van der Waals surface area (Å²) in [4.78, 5) is 25.9. The molecular weight excluding hydrogens is 332 g/mol. The Bertz CT molecular complexity index is 978. The van der Waals surface area contributed by atoms with E-state index in [-0.39, 0.29) is 18.0 Å². The van der Waals surface area contributed by atoms with Crippen LogP contribution in [-0.4, -0.2) is 61.3 Å². The SMILES string of the molecule is CC(CN1CC(C#N)C1)NC(=O)n1cc(-c2ccnc3nc[nH]c23)cn1. The molecule has 26 heavy (non-hydrogen) atoms. The van der Waals surface area contributed by atoms with Crippen LogP contribution in [0.5, 0.6) is 0 Å². The molecule has 1 amide bonds. The van der Waals surface area contributed by atoms with E-state index in [2.05, 4.69) is 36.3 Å². The van der Waals surface area contributed by atoms with Crippen molar-refractivity contribution < 1.29 is 4.79 Å². The van der Waals surface area contributed by atoms with Gasteiger partial charge in [0.2, 0.25) is 0 Å². The number of nitrogens with zero attached hydrogens (tertiary/aromatic N) is 6. The van der Waals surface area contributed by atoms with Gasteiger partial charge in [-0.3, -0.25) is 4.90 Å². The Morgan fingerprint density at radius 1 is 1.50 bits per heavy atom. The quantitative estimate of drug-likeness (QED) is 0.731. The summed E-state index contributed by atoms with van der Waals surface area (Å²) in [5.74, 6) is 0.117. The predicted octanol–water partition coefficient (Wildman–Crippen LogP) is 1.22. The number of amides is 1. The number of rotatable bonds is 4. The van der Waals surface area contributed by atoms with Gasteiger partial charge in [-0.25, -0.2) is 14.8 Å². The van der Waals surface area contributed by atoms with Gasteiger partial charge in [0.15, 0.2) is 5.65 Å². The first-order chi connectivity index (χ1) is 12.6. The minimum atomic E-state index is -0.281. The summed E-state index contributed by atoms with van der Waals surface area (Å²) in [6.45, 7) is 4.20. The Hall–Kier alpha value is -3.25. The second-order valence-corrected chi connectivity index (χ2v) is 6.53. The molecule has 0 radical (unpaired) electrons. The number of nitrogens with one attached hydrogen (secondary N) is 2. The number of fused-ring (bicyclic) bond motifs is 1. The number of carbonyl (C=O) groups is 1. The van der Waals surface area contributed by atoms with Crippen LogP contribution in [0.25, 0.3) is 22.3 Å². The monoisotopic (exact) mass is 350 g/mol. The zero-order chi connectivity index (χ0) is 18.1. The first-order valence-electron chi connectivity index (χ1n) is 8.40. The summed E-state index contributed by atoms with van der Waals surface area (Å²) >= 11 is 0. The fourth-order valence-corrected chi connectivity index (χ4v) is 3.17. The first-order valence-corrected chi connectivity index (χ1v) is 8.40. The fraction of sp³-hybridized carbons (Fsp3) is 0.353. The smallest absolute Gasteiger partial charge is 0.342 e. The van der Waals surface area contributed by atoms with Gasteiger partial charge >= 0.3 is 6.03 Å². The molecule has 0 aliphatic carbocycles. The Morgan fingerprint density at radius 3 is 3.15 bits per heavy atom. The highest BCUT2D eigenvalue weighted by Crippen LogP contribution is 2.24. The molecule has 132 valence electrons. The largest absolute Gasteiger partial charge is 0.343 e. The van der Waals surface area contributed by atoms with E-state index in [1.807, 2.05) is 13.0 Å². The summed E-state index contributed by atoms with van der Waals surface area (Å²) in [5.41, 5.74) is 3.14. The molecule has 1 unspecified atom stereocenters. The number of carbonyl (C=O) groups excluding carboxylic acids is 1. The van der Waals surface area contributed by atoms with Gasteiger partial charge < -0.3 is 10.3 Å². The van der Waals surface area contributed by atoms with Gasteiger partial charge in [0, 0.05) is 49.2 Å². The predicted molar refractivity (Wildman–Crippen MR) is 94.0 cm³/mol. The normalized spacial score (nSPS) is 16.2. The number of pyridine rings is 1. The number of hydrogen-bond donors (Lipinski definition) is 2. The molecular formula is C17H18N8O. The minimum absolute atomic E-state index is 0.0324. The Labute approximate surface area is 149 Å². The number of H-pyrrole nitrogens is 1. The maximum atomic E-state index is 12.4. The lowest BCUT2D eigenvalue weighted by Crippen LogP contribution is -2.52. The lowest BCUT2D eigenvalue weighted by molar-refractivity contribution is 0.124. The van der Waals surface area contributed by atoms with Crippen molar-refractivity contribution in [3.8, 4) is 17.2 Å². The van der Waals surface area contributed by atoms with E-state index >= 15 is 0 Å². The summed E-state index contributed by atoms with van der Waals surface area (Å²) < 4.78 is 1.29. The zero-order valence-electron chi connectivity index (χ0n) is 14.3. The molecule has 1 aliphatic rings. The van der Waals surface area contributed by atoms with Crippen LogP contribution in [0.15, 0.2) is 31.0 Å². The van der Waals surface area contributed by atoms with Crippen LogP contribution < -0.4 is 5.32 Å². The highest BCUT2D eigenvalue weighted by atomic mass is 16.2. The number of imidazole rings is 1. The van der Waals surface area contributed by atoms with Crippen molar-refractivity contribution >= 4 is 17.2 Å². The van der Waals surface area contributed by atoms with E-state index in [1.165, 1.54) is 4.68 Å². The van der Waals surface area contributed by atoms with Crippen molar-refractivity contribution in [1.82, 2.24) is 34.9 Å². The van der Waals surface area contributed by atoms with Gasteiger partial charge in [-0.2, -0.15) is 15.0 Å². The first kappa shape index (κ1) is 16.2. The van der Waals surface area contributed by atoms with Gasteiger partial charge in [0.05, 0.1) is 30.0 Å². The molecule has 3 aromatic heterocycles. The average Bonchev–Trinajstić information content (AvgIpc) is 3.26. The summed E-state index contributed by atoms with van der Waals surface area (Å²) in [7, 11) is 0. The Morgan fingerprint density at radius 2 is 2.35 bits per heavy atom. The van der Waals surface area contributed by atoms with Crippen LogP contribution in [0, 0.1) is 17.2 Å². The zero-order valence-corrected chi connectivity index (χ0v) is 14.3. The lowest BCUT2D eigenvalue weighted by Gasteiger charge is -2.36. The van der Waals surface area contributed by atoms with Crippen molar-refractivity contribution in [1.29, 1.82) is 5.26 Å². The molecule has 4 rings (SSSR count). The molecule has 3 aromatic rings. The van der Waals surface area contributed by atoms with Crippen molar-refractivity contribution in [2.24, 2.45) is 5.92 Å². The second kappa shape index (κ2) is 6.57. The molecule has 2 N–H and O–H groups in total. The molecule has 0 spiro atoms. The fourth-order valence-electron chi connectivity index (χ4n) is 3.17. The van der Waals surface area contributed by atoms with Crippen LogP contribution >= 0.6 is 0 Å². The summed E-state index contributed by atoms with van der Waals surface area (Å²) in [6.07, 6.45) is 6.60. The second-order valence-electron chi connectivity index (χ2n) is 6.53. The third-order valence-corrected chi connectivity index (χ3v) is 4.47. The van der Waals surface area contributed by atoms with Crippen molar-refractivity contribution in [3.63, 3.8) is 0 Å². The third kappa shape index (κ3) is 3.02. The average molecular weight is 350 g/mol. The maximum absolute atomic E-state index is 12.4. The molecule has 1 fully saturated rings. The third-order valence-electron chi connectivity index (χ3n) is 4.47. The van der Waals surface area contributed by atoms with E-state index in [0.29, 0.717) is 5.65 Å². The molecule has 0 saturated carbocycles. The molecule has 0 aromatic carbocycles. The molecule has 4 heterocycles. The molecule has 9 heteroatoms. The van der Waals surface area contributed by atoms with E-state index < -0.39 is 0 Å². The molecule has 9 nitrogen and oxygen atoms in total. The number of hydrogen-bond acceptors (Lipinski definition) is 6. The highest BCUT2D eigenvalue weighted by Gasteiger charge is 2.27. The van der Waals surface area contributed by atoms with Gasteiger partial charge in [0.1, 0.15) is 0 Å². The Kier molecular flexibility index (Phi) is 4.10. The van der Waals surface area contributed by atoms with Crippen LogP contribution in [0.3, 0.4) is 0 Å². The number of likely N-dealkylation sites (tertiary alicyclic amines) is 1. The molecule has 1 aliphatic heterocycles. The molecule has 0 bridgehead atoms. The summed E-state index contributed by atoms with van der Waals surface area (Å²) in [6, 6.07) is 3.79. The number of aromatic amines is 1. The van der Waals surface area contributed by atoms with Crippen LogP contribution in [0.4, 0.5) is 4.79 Å². The highest BCUT2D eigenvalue weighted by molar-refractivity contribution is 5.89.